The molecule has 0 amide bonds. The highest BCUT2D eigenvalue weighted by molar-refractivity contribution is 14.0. The number of likely N-dealkylation sites (tertiary alicyclic amines) is 1. The van der Waals surface area contributed by atoms with Crippen LogP contribution in [0.25, 0.3) is 0 Å². The molecular weight excluding hydrogens is 494 g/mol. The Labute approximate surface area is 196 Å². The Morgan fingerprint density at radius 3 is 2.67 bits per heavy atom. The quantitative estimate of drug-likeness (QED) is 0.352. The third kappa shape index (κ3) is 6.16. The van der Waals surface area contributed by atoms with Gasteiger partial charge in [0, 0.05) is 32.0 Å². The summed E-state index contributed by atoms with van der Waals surface area (Å²) in [6.45, 7) is 7.74. The lowest BCUT2D eigenvalue weighted by Crippen LogP contribution is -2.49. The van der Waals surface area contributed by atoms with Gasteiger partial charge in [-0.1, -0.05) is 19.1 Å². The molecule has 1 aliphatic heterocycles. The molecule has 1 fully saturated rings. The molecule has 8 heteroatoms. The normalized spacial score (nSPS) is 20.7. The number of benzene rings is 1. The molecule has 2 aromatic rings. The Morgan fingerprint density at radius 2 is 2.07 bits per heavy atom. The van der Waals surface area contributed by atoms with Gasteiger partial charge in [-0.15, -0.1) is 24.0 Å². The van der Waals surface area contributed by atoms with Gasteiger partial charge in [0.1, 0.15) is 5.82 Å². The van der Waals surface area contributed by atoms with Crippen molar-refractivity contribution in [3.63, 3.8) is 0 Å². The van der Waals surface area contributed by atoms with Crippen molar-refractivity contribution in [1.82, 2.24) is 24.7 Å². The van der Waals surface area contributed by atoms with E-state index in [0.717, 1.165) is 37.6 Å². The number of halogens is 2. The molecule has 0 bridgehead atoms. The Bertz CT molecular complexity index is 777. The summed E-state index contributed by atoms with van der Waals surface area (Å²) in [7, 11) is 4.07. The standard InChI is InChI=1S/C22H33FN6.HI/c1-5-25-22(26-14-20(27(3)4)18-6-8-19(23)9-7-18)28-12-10-17(2)21(15-28)29-13-11-24-16-29;/h6-9,11,13,16-17,20-21H,5,10,12,14-15H2,1-4H3,(H,25,26);1H. The van der Waals surface area contributed by atoms with Crippen molar-refractivity contribution in [3.8, 4) is 0 Å². The first-order valence-corrected chi connectivity index (χ1v) is 10.4. The number of imidazole rings is 1. The molecule has 0 spiro atoms. The number of aromatic nitrogens is 2. The number of likely N-dealkylation sites (N-methyl/N-ethyl adjacent to an activating group) is 1. The molecule has 1 aliphatic rings. The van der Waals surface area contributed by atoms with Crippen LogP contribution in [0.2, 0.25) is 0 Å². The minimum Gasteiger partial charge on any atom is -0.357 e. The monoisotopic (exact) mass is 528 g/mol. The molecular formula is C22H34FIN6. The minimum absolute atomic E-state index is 0. The summed E-state index contributed by atoms with van der Waals surface area (Å²) in [5.41, 5.74) is 1.07. The molecule has 1 aromatic carbocycles. The van der Waals surface area contributed by atoms with Crippen molar-refractivity contribution in [1.29, 1.82) is 0 Å². The molecule has 1 saturated heterocycles. The molecule has 0 radical (unpaired) electrons. The summed E-state index contributed by atoms with van der Waals surface area (Å²) in [6.07, 6.45) is 6.91. The van der Waals surface area contributed by atoms with E-state index in [2.05, 4.69) is 38.5 Å². The van der Waals surface area contributed by atoms with Gasteiger partial charge in [0.2, 0.25) is 0 Å². The number of guanidine groups is 1. The predicted molar refractivity (Wildman–Crippen MR) is 131 cm³/mol. The summed E-state index contributed by atoms with van der Waals surface area (Å²) in [6, 6.07) is 7.21. The molecule has 6 nitrogen and oxygen atoms in total. The predicted octanol–water partition coefficient (Wildman–Crippen LogP) is 3.79. The third-order valence-corrected chi connectivity index (χ3v) is 5.75. The van der Waals surface area contributed by atoms with E-state index in [1.165, 1.54) is 12.1 Å². The average molecular weight is 528 g/mol. The van der Waals surface area contributed by atoms with Crippen LogP contribution in [-0.4, -0.2) is 65.6 Å². The van der Waals surface area contributed by atoms with Crippen molar-refractivity contribution in [2.75, 3.05) is 40.3 Å². The van der Waals surface area contributed by atoms with Crippen molar-refractivity contribution in [3.05, 3.63) is 54.4 Å². The second-order valence-corrected chi connectivity index (χ2v) is 8.01. The van der Waals surface area contributed by atoms with Crippen molar-refractivity contribution in [2.24, 2.45) is 10.9 Å². The number of rotatable bonds is 6. The van der Waals surface area contributed by atoms with E-state index in [4.69, 9.17) is 4.99 Å². The second-order valence-electron chi connectivity index (χ2n) is 8.01. The largest absolute Gasteiger partial charge is 0.357 e. The van der Waals surface area contributed by atoms with Gasteiger partial charge >= 0.3 is 0 Å². The van der Waals surface area contributed by atoms with Crippen LogP contribution in [0.15, 0.2) is 48.0 Å². The highest BCUT2D eigenvalue weighted by atomic mass is 127. The Hall–Kier alpha value is -1.68. The summed E-state index contributed by atoms with van der Waals surface area (Å²) >= 11 is 0. The first-order valence-electron chi connectivity index (χ1n) is 10.4. The molecule has 1 aromatic heterocycles. The molecule has 0 aliphatic carbocycles. The molecule has 2 heterocycles. The number of piperidine rings is 1. The maximum Gasteiger partial charge on any atom is 0.194 e. The van der Waals surface area contributed by atoms with Crippen molar-refractivity contribution < 1.29 is 4.39 Å². The first kappa shape index (κ1) is 24.6. The van der Waals surface area contributed by atoms with Crippen LogP contribution in [0.4, 0.5) is 4.39 Å². The Kier molecular flexibility index (Phi) is 9.54. The van der Waals surface area contributed by atoms with Crippen LogP contribution in [0, 0.1) is 11.7 Å². The van der Waals surface area contributed by atoms with Gasteiger partial charge in [0.05, 0.1) is 25.0 Å². The summed E-state index contributed by atoms with van der Waals surface area (Å²) < 4.78 is 15.5. The summed E-state index contributed by atoms with van der Waals surface area (Å²) in [5, 5.41) is 3.46. The van der Waals surface area contributed by atoms with Gasteiger partial charge < -0.3 is 19.7 Å². The van der Waals surface area contributed by atoms with E-state index >= 15 is 0 Å². The maximum atomic E-state index is 13.3. The molecule has 3 unspecified atom stereocenters. The van der Waals surface area contributed by atoms with E-state index in [1.54, 1.807) is 0 Å². The molecule has 3 rings (SSSR count). The highest BCUT2D eigenvalue weighted by Crippen LogP contribution is 2.27. The zero-order chi connectivity index (χ0) is 20.8. The van der Waals surface area contributed by atoms with Crippen molar-refractivity contribution in [2.45, 2.75) is 32.4 Å². The topological polar surface area (TPSA) is 48.7 Å². The first-order chi connectivity index (χ1) is 14.0. The second kappa shape index (κ2) is 11.6. The van der Waals surface area contributed by atoms with E-state index in [1.807, 2.05) is 44.9 Å². The van der Waals surface area contributed by atoms with E-state index in [0.29, 0.717) is 18.5 Å². The lowest BCUT2D eigenvalue weighted by molar-refractivity contribution is 0.188. The SMILES string of the molecule is CCNC(=NCC(c1ccc(F)cc1)N(C)C)N1CCC(C)C(n2ccnc2)C1.I. The van der Waals surface area contributed by atoms with Crippen LogP contribution in [0.3, 0.4) is 0 Å². The zero-order valence-electron chi connectivity index (χ0n) is 18.3. The fourth-order valence-corrected chi connectivity index (χ4v) is 3.95. The fraction of sp³-hybridized carbons (Fsp3) is 0.545. The number of nitrogens with zero attached hydrogens (tertiary/aromatic N) is 5. The third-order valence-electron chi connectivity index (χ3n) is 5.75. The number of nitrogens with one attached hydrogen (secondary N) is 1. The van der Waals surface area contributed by atoms with Gasteiger partial charge in [0.15, 0.2) is 5.96 Å². The Balaban J connectivity index is 0.00000320. The summed E-state index contributed by atoms with van der Waals surface area (Å²) in [4.78, 5) is 13.7. The van der Waals surface area contributed by atoms with Gasteiger partial charge in [-0.2, -0.15) is 0 Å². The van der Waals surface area contributed by atoms with Crippen molar-refractivity contribution >= 4 is 29.9 Å². The lowest BCUT2D eigenvalue weighted by Gasteiger charge is -2.39. The molecule has 30 heavy (non-hydrogen) atoms. The fourth-order valence-electron chi connectivity index (χ4n) is 3.95. The van der Waals surface area contributed by atoms with Crippen LogP contribution >= 0.6 is 24.0 Å². The zero-order valence-corrected chi connectivity index (χ0v) is 20.7. The van der Waals surface area contributed by atoms with Crippen LogP contribution in [-0.2, 0) is 0 Å². The minimum atomic E-state index is -0.212. The van der Waals surface area contributed by atoms with Crippen LogP contribution < -0.4 is 5.32 Å². The Morgan fingerprint density at radius 1 is 1.33 bits per heavy atom. The van der Waals surface area contributed by atoms with Gasteiger partial charge in [-0.3, -0.25) is 4.99 Å². The van der Waals surface area contributed by atoms with Gasteiger partial charge in [-0.05, 0) is 51.1 Å². The van der Waals surface area contributed by atoms with E-state index in [9.17, 15) is 4.39 Å². The van der Waals surface area contributed by atoms with Gasteiger partial charge in [0.25, 0.3) is 0 Å². The average Bonchev–Trinajstić information content (AvgIpc) is 3.23. The van der Waals surface area contributed by atoms with Crippen LogP contribution in [0.5, 0.6) is 0 Å². The van der Waals surface area contributed by atoms with Crippen LogP contribution in [0.1, 0.15) is 37.9 Å². The molecule has 0 saturated carbocycles. The molecule has 3 atom stereocenters. The van der Waals surface area contributed by atoms with Gasteiger partial charge in [-0.25, -0.2) is 9.37 Å². The van der Waals surface area contributed by atoms with E-state index < -0.39 is 0 Å². The maximum absolute atomic E-state index is 13.3. The molecule has 166 valence electrons. The molecule has 1 N–H and O–H groups in total. The van der Waals surface area contributed by atoms with E-state index in [-0.39, 0.29) is 35.8 Å². The smallest absolute Gasteiger partial charge is 0.194 e. The number of aliphatic imine (C=N–C) groups is 1. The highest BCUT2D eigenvalue weighted by Gasteiger charge is 2.29. The summed E-state index contributed by atoms with van der Waals surface area (Å²) in [5.74, 6) is 1.33. The number of hydrogen-bond acceptors (Lipinski definition) is 3. The number of hydrogen-bond donors (Lipinski definition) is 1. The lowest BCUT2D eigenvalue weighted by atomic mass is 9.93.